The maximum absolute atomic E-state index is 6.10. The Morgan fingerprint density at radius 3 is 2.45 bits per heavy atom. The molecule has 2 atom stereocenters. The molecule has 3 heterocycles. The highest BCUT2D eigenvalue weighted by Crippen LogP contribution is 2.42. The number of halogens is 1. The van der Waals surface area contributed by atoms with Crippen LogP contribution in [-0.2, 0) is 0 Å². The number of hydrogen-bond acceptors (Lipinski definition) is 2. The van der Waals surface area contributed by atoms with Crippen LogP contribution in [0.2, 0.25) is 5.02 Å². The Bertz CT molecular complexity index is 1030. The molecular formula is C23H25ClN4S. The first kappa shape index (κ1) is 19.9. The molecule has 0 amide bonds. The van der Waals surface area contributed by atoms with Crippen LogP contribution in [0.1, 0.15) is 48.6 Å². The van der Waals surface area contributed by atoms with Crippen LogP contribution >= 0.6 is 23.8 Å². The number of hydrogen-bond donors (Lipinski definition) is 1. The molecule has 1 saturated heterocycles. The number of aryl methyl sites for hydroxylation is 1. The number of nitrogens with zero attached hydrogens (tertiary/aromatic N) is 3. The first-order valence-corrected chi connectivity index (χ1v) is 10.6. The van der Waals surface area contributed by atoms with Gasteiger partial charge in [-0.3, -0.25) is 4.98 Å². The molecule has 0 saturated carbocycles. The fraction of sp³-hybridized carbons (Fsp3) is 0.304. The van der Waals surface area contributed by atoms with Crippen LogP contribution < -0.4 is 5.32 Å². The van der Waals surface area contributed by atoms with Crippen LogP contribution in [0, 0.1) is 13.8 Å². The van der Waals surface area contributed by atoms with Crippen molar-refractivity contribution in [2.24, 2.45) is 0 Å². The van der Waals surface area contributed by atoms with Gasteiger partial charge in [0.05, 0.1) is 17.8 Å². The van der Waals surface area contributed by atoms with E-state index < -0.39 is 0 Å². The third-order valence-corrected chi connectivity index (χ3v) is 6.15. The van der Waals surface area contributed by atoms with Gasteiger partial charge in [0.15, 0.2) is 5.11 Å². The van der Waals surface area contributed by atoms with E-state index >= 15 is 0 Å². The van der Waals surface area contributed by atoms with Crippen molar-refractivity contribution < 1.29 is 0 Å². The lowest BCUT2D eigenvalue weighted by molar-refractivity contribution is 0.269. The molecule has 29 heavy (non-hydrogen) atoms. The lowest BCUT2D eigenvalue weighted by Gasteiger charge is -2.31. The van der Waals surface area contributed by atoms with Gasteiger partial charge >= 0.3 is 0 Å². The highest BCUT2D eigenvalue weighted by molar-refractivity contribution is 7.80. The molecule has 150 valence electrons. The summed E-state index contributed by atoms with van der Waals surface area (Å²) >= 11 is 11.8. The third kappa shape index (κ3) is 3.53. The Hall–Kier alpha value is -2.37. The maximum atomic E-state index is 6.10. The Labute approximate surface area is 182 Å². The molecular weight excluding hydrogens is 400 g/mol. The van der Waals surface area contributed by atoms with Crippen LogP contribution in [0.25, 0.3) is 5.69 Å². The van der Waals surface area contributed by atoms with Crippen molar-refractivity contribution in [1.29, 1.82) is 0 Å². The van der Waals surface area contributed by atoms with Crippen molar-refractivity contribution in [3.8, 4) is 5.69 Å². The van der Waals surface area contributed by atoms with Gasteiger partial charge in [0.25, 0.3) is 0 Å². The predicted molar refractivity (Wildman–Crippen MR) is 123 cm³/mol. The zero-order valence-corrected chi connectivity index (χ0v) is 18.6. The monoisotopic (exact) mass is 424 g/mol. The molecule has 6 heteroatoms. The zero-order chi connectivity index (χ0) is 20.7. The highest BCUT2D eigenvalue weighted by Gasteiger charge is 2.42. The fourth-order valence-electron chi connectivity index (χ4n) is 4.33. The van der Waals surface area contributed by atoms with E-state index in [2.05, 4.69) is 71.7 Å². The van der Waals surface area contributed by atoms with Crippen molar-refractivity contribution in [3.05, 3.63) is 82.4 Å². The minimum Gasteiger partial charge on any atom is -0.352 e. The Morgan fingerprint density at radius 1 is 1.10 bits per heavy atom. The molecule has 4 nitrogen and oxygen atoms in total. The van der Waals surface area contributed by atoms with Gasteiger partial charge in [-0.15, -0.1) is 0 Å². The number of benzene rings is 1. The molecule has 1 aliphatic rings. The van der Waals surface area contributed by atoms with Crippen molar-refractivity contribution in [3.63, 3.8) is 0 Å². The molecule has 0 unspecified atom stereocenters. The second-order valence-electron chi connectivity index (χ2n) is 7.77. The Morgan fingerprint density at radius 2 is 1.83 bits per heavy atom. The predicted octanol–water partition coefficient (Wildman–Crippen LogP) is 5.52. The van der Waals surface area contributed by atoms with E-state index in [-0.39, 0.29) is 18.1 Å². The van der Waals surface area contributed by atoms with Gasteiger partial charge in [0.1, 0.15) is 0 Å². The molecule has 0 spiro atoms. The van der Waals surface area contributed by atoms with Crippen LogP contribution in [0.3, 0.4) is 0 Å². The van der Waals surface area contributed by atoms with E-state index in [4.69, 9.17) is 23.8 Å². The smallest absolute Gasteiger partial charge is 0.170 e. The van der Waals surface area contributed by atoms with E-state index in [1.165, 1.54) is 17.0 Å². The summed E-state index contributed by atoms with van der Waals surface area (Å²) < 4.78 is 2.28. The number of rotatable bonds is 4. The molecule has 2 aromatic heterocycles. The lowest BCUT2D eigenvalue weighted by Crippen LogP contribution is -2.35. The third-order valence-electron chi connectivity index (χ3n) is 5.57. The average molecular weight is 425 g/mol. The van der Waals surface area contributed by atoms with Crippen LogP contribution in [-0.4, -0.2) is 25.6 Å². The lowest BCUT2D eigenvalue weighted by atomic mass is 9.96. The van der Waals surface area contributed by atoms with Gasteiger partial charge in [-0.1, -0.05) is 17.7 Å². The molecule has 0 bridgehead atoms. The quantitative estimate of drug-likeness (QED) is 0.558. The van der Waals surface area contributed by atoms with Crippen LogP contribution in [0.15, 0.2) is 54.7 Å². The number of aromatic nitrogens is 2. The Kier molecular flexibility index (Phi) is 5.36. The highest BCUT2D eigenvalue weighted by atomic mass is 35.5. The maximum Gasteiger partial charge on any atom is 0.170 e. The summed E-state index contributed by atoms with van der Waals surface area (Å²) in [6, 6.07) is 16.6. The summed E-state index contributed by atoms with van der Waals surface area (Å²) in [6.07, 6.45) is 1.84. The topological polar surface area (TPSA) is 33.1 Å². The van der Waals surface area contributed by atoms with Crippen molar-refractivity contribution in [1.82, 2.24) is 19.8 Å². The summed E-state index contributed by atoms with van der Waals surface area (Å²) in [6.45, 7) is 8.67. The fourth-order valence-corrected chi connectivity index (χ4v) is 4.91. The summed E-state index contributed by atoms with van der Waals surface area (Å²) in [4.78, 5) is 6.92. The minimum absolute atomic E-state index is 0.00488. The summed E-state index contributed by atoms with van der Waals surface area (Å²) in [5.74, 6) is 0. The van der Waals surface area contributed by atoms with Crippen molar-refractivity contribution in [2.45, 2.75) is 45.8 Å². The molecule has 1 N–H and O–H groups in total. The SMILES string of the molecule is Cc1cc([C@H]2[C@H](c3ccccn3)NC(=S)N2C(C)C)c(C)n1-c1ccc(Cl)cc1. The van der Waals surface area contributed by atoms with E-state index in [0.29, 0.717) is 0 Å². The molecule has 0 radical (unpaired) electrons. The standard InChI is InChI=1S/C23H25ClN4S/c1-14(2)27-22(21(26-23(27)29)20-7-5-6-12-25-20)19-13-15(3)28(16(19)4)18-10-8-17(24)9-11-18/h5-14,21-22H,1-4H3,(H,26,29)/t21-,22-/m0/s1. The summed E-state index contributed by atoms with van der Waals surface area (Å²) in [5.41, 5.74) is 5.75. The minimum atomic E-state index is 0.00488. The summed E-state index contributed by atoms with van der Waals surface area (Å²) in [7, 11) is 0. The van der Waals surface area contributed by atoms with E-state index in [1.807, 2.05) is 30.5 Å². The number of pyridine rings is 1. The van der Waals surface area contributed by atoms with Gasteiger partial charge in [-0.05, 0) is 87.9 Å². The first-order chi connectivity index (χ1) is 13.9. The largest absolute Gasteiger partial charge is 0.352 e. The summed E-state index contributed by atoms with van der Waals surface area (Å²) in [5, 5.41) is 5.04. The second kappa shape index (κ2) is 7.81. The first-order valence-electron chi connectivity index (χ1n) is 9.83. The molecule has 3 aromatic rings. The van der Waals surface area contributed by atoms with E-state index in [9.17, 15) is 0 Å². The molecule has 1 fully saturated rings. The number of thiocarbonyl (C=S) groups is 1. The van der Waals surface area contributed by atoms with Gasteiger partial charge < -0.3 is 14.8 Å². The van der Waals surface area contributed by atoms with E-state index in [0.717, 1.165) is 21.5 Å². The van der Waals surface area contributed by atoms with Gasteiger partial charge in [0.2, 0.25) is 0 Å². The Balaban J connectivity index is 1.85. The van der Waals surface area contributed by atoms with Crippen molar-refractivity contribution in [2.75, 3.05) is 0 Å². The second-order valence-corrected chi connectivity index (χ2v) is 8.59. The molecule has 1 aliphatic heterocycles. The molecule has 1 aromatic carbocycles. The van der Waals surface area contributed by atoms with E-state index in [1.54, 1.807) is 0 Å². The average Bonchev–Trinajstić information content (AvgIpc) is 3.19. The molecule has 0 aliphatic carbocycles. The van der Waals surface area contributed by atoms with Gasteiger partial charge in [-0.25, -0.2) is 0 Å². The van der Waals surface area contributed by atoms with Crippen molar-refractivity contribution >= 4 is 28.9 Å². The van der Waals surface area contributed by atoms with Crippen LogP contribution in [0.4, 0.5) is 0 Å². The zero-order valence-electron chi connectivity index (χ0n) is 17.1. The molecule has 4 rings (SSSR count). The van der Waals surface area contributed by atoms with Gasteiger partial charge in [-0.2, -0.15) is 0 Å². The number of nitrogens with one attached hydrogen (secondary N) is 1. The normalized spacial score (nSPS) is 19.1. The van der Waals surface area contributed by atoms with Crippen LogP contribution in [0.5, 0.6) is 0 Å². The van der Waals surface area contributed by atoms with Gasteiger partial charge in [0, 0.05) is 34.3 Å².